The lowest BCUT2D eigenvalue weighted by atomic mass is 10.2. The number of rotatable bonds is 5. The van der Waals surface area contributed by atoms with Gasteiger partial charge in [0.25, 0.3) is 0 Å². The van der Waals surface area contributed by atoms with Crippen molar-refractivity contribution in [2.75, 3.05) is 11.1 Å². The Morgan fingerprint density at radius 1 is 1.56 bits per heavy atom. The molecule has 18 heavy (non-hydrogen) atoms. The van der Waals surface area contributed by atoms with Gasteiger partial charge >= 0.3 is 5.97 Å². The highest BCUT2D eigenvalue weighted by Gasteiger charge is 2.24. The molecule has 2 rings (SSSR count). The van der Waals surface area contributed by atoms with Crippen molar-refractivity contribution in [2.24, 2.45) is 0 Å². The average Bonchev–Trinajstić information content (AvgIpc) is 2.78. The van der Waals surface area contributed by atoms with Crippen LogP contribution in [0.25, 0.3) is 0 Å². The molecule has 0 spiro atoms. The van der Waals surface area contributed by atoms with E-state index in [1.165, 1.54) is 31.2 Å². The van der Waals surface area contributed by atoms with E-state index in [1.807, 2.05) is 11.8 Å². The molecule has 1 heterocycles. The lowest BCUT2D eigenvalue weighted by Crippen LogP contribution is -2.17. The van der Waals surface area contributed by atoms with Gasteiger partial charge in [-0.05, 0) is 37.1 Å². The molecule has 2 atom stereocenters. The highest BCUT2D eigenvalue weighted by atomic mass is 32.2. The van der Waals surface area contributed by atoms with Gasteiger partial charge in [0.2, 0.25) is 0 Å². The summed E-state index contributed by atoms with van der Waals surface area (Å²) in [5.74, 6) is 1.00. The molecular weight excluding hydrogens is 248 g/mol. The summed E-state index contributed by atoms with van der Waals surface area (Å²) in [6.07, 6.45) is 4.99. The molecular formula is C13H18N2O2S. The third-order valence-electron chi connectivity index (χ3n) is 3.15. The van der Waals surface area contributed by atoms with Crippen molar-refractivity contribution >= 4 is 23.5 Å². The molecule has 0 saturated heterocycles. The summed E-state index contributed by atoms with van der Waals surface area (Å²) in [4.78, 5) is 14.8. The summed E-state index contributed by atoms with van der Waals surface area (Å²) in [5, 5.41) is 12.9. The maximum absolute atomic E-state index is 10.7. The number of hydrogen-bond acceptors (Lipinski definition) is 4. The van der Waals surface area contributed by atoms with Crippen LogP contribution in [0.2, 0.25) is 0 Å². The van der Waals surface area contributed by atoms with Crippen LogP contribution >= 0.6 is 11.8 Å². The number of aromatic carboxylic acids is 1. The Morgan fingerprint density at radius 2 is 2.39 bits per heavy atom. The van der Waals surface area contributed by atoms with Crippen molar-refractivity contribution in [1.82, 2.24) is 4.98 Å². The van der Waals surface area contributed by atoms with Gasteiger partial charge in [-0.3, -0.25) is 0 Å². The van der Waals surface area contributed by atoms with E-state index in [1.54, 1.807) is 12.1 Å². The molecule has 98 valence electrons. The maximum atomic E-state index is 10.7. The fourth-order valence-electron chi connectivity index (χ4n) is 2.27. The van der Waals surface area contributed by atoms with Gasteiger partial charge in [0.15, 0.2) is 0 Å². The number of carboxylic acid groups (broad SMARTS) is 1. The van der Waals surface area contributed by atoms with Crippen molar-refractivity contribution in [3.05, 3.63) is 23.9 Å². The van der Waals surface area contributed by atoms with Gasteiger partial charge in [0, 0.05) is 17.5 Å². The largest absolute Gasteiger partial charge is 0.478 e. The van der Waals surface area contributed by atoms with E-state index in [0.717, 1.165) is 11.1 Å². The van der Waals surface area contributed by atoms with Gasteiger partial charge in [-0.1, -0.05) is 6.92 Å². The van der Waals surface area contributed by atoms with Crippen LogP contribution in [0.4, 0.5) is 5.82 Å². The number of pyridine rings is 1. The number of aromatic nitrogens is 1. The van der Waals surface area contributed by atoms with E-state index < -0.39 is 5.97 Å². The SMILES string of the molecule is CCSC1CCC(Nc2ccc(C(=O)O)cn2)C1. The molecule has 5 heteroatoms. The van der Waals surface area contributed by atoms with Crippen LogP contribution in [-0.4, -0.2) is 33.1 Å². The minimum atomic E-state index is -0.936. The van der Waals surface area contributed by atoms with Crippen molar-refractivity contribution in [3.8, 4) is 0 Å². The molecule has 2 unspecified atom stereocenters. The summed E-state index contributed by atoms with van der Waals surface area (Å²) in [5.41, 5.74) is 0.228. The number of hydrogen-bond donors (Lipinski definition) is 2. The van der Waals surface area contributed by atoms with Crippen molar-refractivity contribution in [2.45, 2.75) is 37.5 Å². The molecule has 1 fully saturated rings. The molecule has 0 bridgehead atoms. The van der Waals surface area contributed by atoms with Crippen molar-refractivity contribution in [1.29, 1.82) is 0 Å². The van der Waals surface area contributed by atoms with E-state index in [2.05, 4.69) is 17.2 Å². The fraction of sp³-hybridized carbons (Fsp3) is 0.538. The van der Waals surface area contributed by atoms with E-state index in [-0.39, 0.29) is 5.56 Å². The topological polar surface area (TPSA) is 62.2 Å². The summed E-state index contributed by atoms with van der Waals surface area (Å²) in [6.45, 7) is 2.19. The number of carbonyl (C=O) groups is 1. The van der Waals surface area contributed by atoms with Gasteiger partial charge in [-0.2, -0.15) is 11.8 Å². The smallest absolute Gasteiger partial charge is 0.337 e. The molecule has 2 N–H and O–H groups in total. The molecule has 1 aliphatic rings. The van der Waals surface area contributed by atoms with Gasteiger partial charge in [0.1, 0.15) is 5.82 Å². The Kier molecular flexibility index (Phi) is 4.47. The zero-order chi connectivity index (χ0) is 13.0. The second-order valence-corrected chi connectivity index (χ2v) is 6.05. The molecule has 1 aromatic heterocycles. The monoisotopic (exact) mass is 266 g/mol. The summed E-state index contributed by atoms with van der Waals surface area (Å²) in [7, 11) is 0. The molecule has 1 saturated carbocycles. The highest BCUT2D eigenvalue weighted by molar-refractivity contribution is 7.99. The predicted octanol–water partition coefficient (Wildman–Crippen LogP) is 2.87. The minimum Gasteiger partial charge on any atom is -0.478 e. The minimum absolute atomic E-state index is 0.228. The zero-order valence-electron chi connectivity index (χ0n) is 10.4. The van der Waals surface area contributed by atoms with Crippen LogP contribution in [-0.2, 0) is 0 Å². The van der Waals surface area contributed by atoms with Gasteiger partial charge in [0.05, 0.1) is 5.56 Å². The Morgan fingerprint density at radius 3 is 3.00 bits per heavy atom. The number of nitrogens with zero attached hydrogens (tertiary/aromatic N) is 1. The number of carboxylic acids is 1. The Labute approximate surface area is 111 Å². The summed E-state index contributed by atoms with van der Waals surface area (Å²) < 4.78 is 0. The lowest BCUT2D eigenvalue weighted by molar-refractivity contribution is 0.0696. The number of anilines is 1. The summed E-state index contributed by atoms with van der Waals surface area (Å²) >= 11 is 2.02. The number of nitrogens with one attached hydrogen (secondary N) is 1. The van der Waals surface area contributed by atoms with Crippen LogP contribution in [0.15, 0.2) is 18.3 Å². The summed E-state index contributed by atoms with van der Waals surface area (Å²) in [6, 6.07) is 3.80. The third-order valence-corrected chi connectivity index (χ3v) is 4.38. The van der Waals surface area contributed by atoms with E-state index in [0.29, 0.717) is 6.04 Å². The third kappa shape index (κ3) is 3.38. The second-order valence-electron chi connectivity index (χ2n) is 4.47. The fourth-order valence-corrected chi connectivity index (χ4v) is 3.42. The van der Waals surface area contributed by atoms with Crippen LogP contribution < -0.4 is 5.32 Å². The standard InChI is InChI=1S/C13H18N2O2S/c1-2-18-11-5-4-10(7-11)15-12-6-3-9(8-14-12)13(16)17/h3,6,8,10-11H,2,4-5,7H2,1H3,(H,14,15)(H,16,17). The van der Waals surface area contributed by atoms with Gasteiger partial charge in [-0.25, -0.2) is 9.78 Å². The van der Waals surface area contributed by atoms with Crippen LogP contribution in [0.3, 0.4) is 0 Å². The first-order valence-electron chi connectivity index (χ1n) is 6.26. The van der Waals surface area contributed by atoms with Crippen LogP contribution in [0.5, 0.6) is 0 Å². The lowest BCUT2D eigenvalue weighted by Gasteiger charge is -2.13. The maximum Gasteiger partial charge on any atom is 0.337 e. The average molecular weight is 266 g/mol. The molecule has 4 nitrogen and oxygen atoms in total. The zero-order valence-corrected chi connectivity index (χ0v) is 11.2. The predicted molar refractivity (Wildman–Crippen MR) is 74.4 cm³/mol. The first kappa shape index (κ1) is 13.2. The Balaban J connectivity index is 1.88. The molecule has 0 aliphatic heterocycles. The molecule has 0 radical (unpaired) electrons. The van der Waals surface area contributed by atoms with Crippen molar-refractivity contribution in [3.63, 3.8) is 0 Å². The van der Waals surface area contributed by atoms with E-state index in [9.17, 15) is 4.79 Å². The number of thioether (sulfide) groups is 1. The quantitative estimate of drug-likeness (QED) is 0.858. The molecule has 1 aliphatic carbocycles. The van der Waals surface area contributed by atoms with Crippen LogP contribution in [0, 0.1) is 0 Å². The molecule has 0 amide bonds. The first-order chi connectivity index (χ1) is 8.69. The molecule has 1 aromatic rings. The van der Waals surface area contributed by atoms with E-state index >= 15 is 0 Å². The normalized spacial score (nSPS) is 22.9. The second kappa shape index (κ2) is 6.09. The Hall–Kier alpha value is -1.23. The Bertz CT molecular complexity index is 408. The first-order valence-corrected chi connectivity index (χ1v) is 7.31. The highest BCUT2D eigenvalue weighted by Crippen LogP contribution is 2.31. The van der Waals surface area contributed by atoms with Gasteiger partial charge in [-0.15, -0.1) is 0 Å². The van der Waals surface area contributed by atoms with Crippen molar-refractivity contribution < 1.29 is 9.90 Å². The van der Waals surface area contributed by atoms with E-state index in [4.69, 9.17) is 5.11 Å². The van der Waals surface area contributed by atoms with Gasteiger partial charge < -0.3 is 10.4 Å². The molecule has 0 aromatic carbocycles. The van der Waals surface area contributed by atoms with Crippen LogP contribution in [0.1, 0.15) is 36.5 Å².